The Kier molecular flexibility index (Phi) is 13.1. The van der Waals surface area contributed by atoms with Gasteiger partial charge in [-0.3, -0.25) is 19.2 Å². The minimum absolute atomic E-state index is 0.150. The molecule has 0 aliphatic heterocycles. The Morgan fingerprint density at radius 2 is 0.674 bits per heavy atom. The van der Waals surface area contributed by atoms with Gasteiger partial charge in [-0.1, -0.05) is 121 Å². The summed E-state index contributed by atoms with van der Waals surface area (Å²) in [6.07, 6.45) is 4.90. The maximum absolute atomic E-state index is 13.0. The summed E-state index contributed by atoms with van der Waals surface area (Å²) in [7, 11) is 0. The number of hydrogen-bond acceptors (Lipinski definition) is 4. The van der Waals surface area contributed by atoms with Gasteiger partial charge < -0.3 is 20.4 Å². The molecule has 0 saturated heterocycles. The van der Waals surface area contributed by atoms with Crippen LogP contribution in [0.15, 0.2) is 146 Å². The van der Waals surface area contributed by atoms with Gasteiger partial charge >= 0.3 is 0 Å². The fraction of sp³-hybridized carbons (Fsp3) is 0.158. The average molecular weight is 615 g/mol. The highest BCUT2D eigenvalue weighted by Crippen LogP contribution is 2.12. The quantitative estimate of drug-likeness (QED) is 0.149. The zero-order valence-corrected chi connectivity index (χ0v) is 25.6. The maximum atomic E-state index is 13.0. The van der Waals surface area contributed by atoms with Crippen LogP contribution in [0.4, 0.5) is 0 Å². The number of benzene rings is 4. The first-order valence-corrected chi connectivity index (χ1v) is 15.1. The van der Waals surface area contributed by atoms with Crippen LogP contribution in [0.2, 0.25) is 0 Å². The van der Waals surface area contributed by atoms with Gasteiger partial charge in [0.1, 0.15) is 0 Å². The molecule has 0 aliphatic carbocycles. The second kappa shape index (κ2) is 18.1. The van der Waals surface area contributed by atoms with E-state index < -0.39 is 11.8 Å². The minimum Gasteiger partial charge on any atom is -0.351 e. The molecule has 0 aliphatic rings. The molecule has 8 heteroatoms. The van der Waals surface area contributed by atoms with E-state index in [1.165, 1.54) is 24.3 Å². The van der Waals surface area contributed by atoms with Crippen LogP contribution in [0.1, 0.15) is 22.3 Å². The van der Waals surface area contributed by atoms with Crippen LogP contribution < -0.4 is 10.6 Å². The molecule has 0 aromatic heterocycles. The Labute approximate surface area is 270 Å². The maximum Gasteiger partial charge on any atom is 0.247 e. The summed E-state index contributed by atoms with van der Waals surface area (Å²) < 4.78 is 0. The molecule has 4 aromatic rings. The Balaban J connectivity index is 1.23. The van der Waals surface area contributed by atoms with Crippen LogP contribution in [0.5, 0.6) is 0 Å². The lowest BCUT2D eigenvalue weighted by atomic mass is 10.1. The standard InChI is InChI=1S/C38H38N4O4/c43-35(21-23-37(45)41(27-31-13-5-1-6-14-31)28-32-15-7-2-8-16-32)39-25-26-40-36(44)22-24-38(46)42(29-33-17-9-3-10-18-33)30-34-19-11-4-12-20-34/h1-24H,25-30H2,(H,39,43)(H,40,44)/b23-21-,24-22+. The van der Waals surface area contributed by atoms with Crippen LogP contribution >= 0.6 is 0 Å². The van der Waals surface area contributed by atoms with Crippen molar-refractivity contribution in [2.24, 2.45) is 0 Å². The molecule has 4 amide bonds. The fourth-order valence-electron chi connectivity index (χ4n) is 4.63. The van der Waals surface area contributed by atoms with Gasteiger partial charge in [-0.15, -0.1) is 0 Å². The summed E-state index contributed by atoms with van der Waals surface area (Å²) in [4.78, 5) is 54.1. The van der Waals surface area contributed by atoms with Gasteiger partial charge in [0, 0.05) is 63.6 Å². The highest BCUT2D eigenvalue weighted by Gasteiger charge is 2.14. The summed E-state index contributed by atoms with van der Waals surface area (Å²) >= 11 is 0. The molecule has 46 heavy (non-hydrogen) atoms. The number of carbonyl (C=O) groups excluding carboxylic acids is 4. The number of amides is 4. The zero-order valence-electron chi connectivity index (χ0n) is 25.6. The Morgan fingerprint density at radius 3 is 0.935 bits per heavy atom. The Bertz CT molecular complexity index is 1400. The molecule has 0 atom stereocenters. The molecule has 0 heterocycles. The normalized spacial score (nSPS) is 10.9. The van der Waals surface area contributed by atoms with Gasteiger partial charge in [-0.05, 0) is 22.3 Å². The van der Waals surface area contributed by atoms with E-state index in [4.69, 9.17) is 0 Å². The van der Waals surface area contributed by atoms with Crippen molar-refractivity contribution in [2.75, 3.05) is 13.1 Å². The van der Waals surface area contributed by atoms with Crippen LogP contribution in [-0.4, -0.2) is 46.5 Å². The zero-order chi connectivity index (χ0) is 32.4. The van der Waals surface area contributed by atoms with Crippen LogP contribution in [0.25, 0.3) is 0 Å². The molecule has 0 unspecified atom stereocenters. The molecule has 8 nitrogen and oxygen atoms in total. The van der Waals surface area contributed by atoms with E-state index in [9.17, 15) is 19.2 Å². The predicted octanol–water partition coefficient (Wildman–Crippen LogP) is 4.79. The molecule has 0 fully saturated rings. The largest absolute Gasteiger partial charge is 0.351 e. The van der Waals surface area contributed by atoms with E-state index >= 15 is 0 Å². The van der Waals surface area contributed by atoms with Crippen molar-refractivity contribution >= 4 is 23.6 Å². The van der Waals surface area contributed by atoms with E-state index in [0.29, 0.717) is 26.2 Å². The lowest BCUT2D eigenvalue weighted by Gasteiger charge is -2.21. The van der Waals surface area contributed by atoms with Crippen molar-refractivity contribution in [3.63, 3.8) is 0 Å². The van der Waals surface area contributed by atoms with Crippen molar-refractivity contribution in [3.05, 3.63) is 168 Å². The molecule has 4 aromatic carbocycles. The Morgan fingerprint density at radius 1 is 0.413 bits per heavy atom. The SMILES string of the molecule is O=C(/C=C\C(=O)N(Cc1ccccc1)Cc1ccccc1)NCCNC(=O)/C=C/C(=O)N(Cc1ccccc1)Cc1ccccc1. The first-order chi connectivity index (χ1) is 22.5. The summed E-state index contributed by atoms with van der Waals surface area (Å²) in [6, 6.07) is 38.6. The fourth-order valence-corrected chi connectivity index (χ4v) is 4.63. The third kappa shape index (κ3) is 11.7. The molecule has 234 valence electrons. The highest BCUT2D eigenvalue weighted by molar-refractivity contribution is 5.97. The van der Waals surface area contributed by atoms with Crippen molar-refractivity contribution in [1.29, 1.82) is 0 Å². The van der Waals surface area contributed by atoms with Crippen molar-refractivity contribution in [1.82, 2.24) is 20.4 Å². The monoisotopic (exact) mass is 614 g/mol. The predicted molar refractivity (Wildman–Crippen MR) is 179 cm³/mol. The van der Waals surface area contributed by atoms with Crippen LogP contribution in [0, 0.1) is 0 Å². The second-order valence-electron chi connectivity index (χ2n) is 10.6. The van der Waals surface area contributed by atoms with Crippen LogP contribution in [-0.2, 0) is 45.4 Å². The van der Waals surface area contributed by atoms with Crippen molar-refractivity contribution in [3.8, 4) is 0 Å². The smallest absolute Gasteiger partial charge is 0.247 e. The van der Waals surface area contributed by atoms with E-state index in [-0.39, 0.29) is 24.9 Å². The number of nitrogens with one attached hydrogen (secondary N) is 2. The lowest BCUT2D eigenvalue weighted by Crippen LogP contribution is -2.34. The summed E-state index contributed by atoms with van der Waals surface area (Å²) in [5, 5.41) is 5.32. The molecule has 4 rings (SSSR count). The first-order valence-electron chi connectivity index (χ1n) is 15.1. The molecular weight excluding hydrogens is 576 g/mol. The van der Waals surface area contributed by atoms with Crippen molar-refractivity contribution in [2.45, 2.75) is 26.2 Å². The van der Waals surface area contributed by atoms with Gasteiger partial charge in [-0.25, -0.2) is 0 Å². The molecule has 0 radical (unpaired) electrons. The first kappa shape index (κ1) is 33.1. The number of nitrogens with zero attached hydrogens (tertiary/aromatic N) is 2. The number of carbonyl (C=O) groups is 4. The van der Waals surface area contributed by atoms with Gasteiger partial charge in [0.15, 0.2) is 0 Å². The van der Waals surface area contributed by atoms with E-state index in [1.807, 2.05) is 121 Å². The average Bonchev–Trinajstić information content (AvgIpc) is 3.09. The second-order valence-corrected chi connectivity index (χ2v) is 10.6. The van der Waals surface area contributed by atoms with E-state index in [2.05, 4.69) is 10.6 Å². The summed E-state index contributed by atoms with van der Waals surface area (Å²) in [5.74, 6) is -1.49. The molecule has 0 spiro atoms. The topological polar surface area (TPSA) is 98.8 Å². The van der Waals surface area contributed by atoms with Crippen LogP contribution in [0.3, 0.4) is 0 Å². The molecule has 0 bridgehead atoms. The third-order valence-electron chi connectivity index (χ3n) is 6.97. The summed E-state index contributed by atoms with van der Waals surface area (Å²) in [6.45, 7) is 1.91. The van der Waals surface area contributed by atoms with Gasteiger partial charge in [0.25, 0.3) is 0 Å². The molecule has 2 N–H and O–H groups in total. The number of hydrogen-bond donors (Lipinski definition) is 2. The third-order valence-corrected chi connectivity index (χ3v) is 6.97. The molecule has 0 saturated carbocycles. The Hall–Kier alpha value is -5.76. The van der Waals surface area contributed by atoms with E-state index in [1.54, 1.807) is 9.80 Å². The van der Waals surface area contributed by atoms with Gasteiger partial charge in [0.05, 0.1) is 0 Å². The van der Waals surface area contributed by atoms with Gasteiger partial charge in [0.2, 0.25) is 23.6 Å². The highest BCUT2D eigenvalue weighted by atomic mass is 16.2. The minimum atomic E-state index is -0.454. The lowest BCUT2D eigenvalue weighted by molar-refractivity contribution is -0.128. The van der Waals surface area contributed by atoms with E-state index in [0.717, 1.165) is 22.3 Å². The molecular formula is C38H38N4O4. The summed E-state index contributed by atoms with van der Waals surface area (Å²) in [5.41, 5.74) is 3.93. The van der Waals surface area contributed by atoms with Crippen molar-refractivity contribution < 1.29 is 19.2 Å². The van der Waals surface area contributed by atoms with Gasteiger partial charge in [-0.2, -0.15) is 0 Å². The number of rotatable bonds is 15.